The topological polar surface area (TPSA) is 15.3 Å². The van der Waals surface area contributed by atoms with E-state index in [1.165, 1.54) is 43.5 Å². The van der Waals surface area contributed by atoms with E-state index >= 15 is 0 Å². The average Bonchev–Trinajstić information content (AvgIpc) is 2.49. The summed E-state index contributed by atoms with van der Waals surface area (Å²) in [6.45, 7) is 13.8. The van der Waals surface area contributed by atoms with E-state index in [1.807, 2.05) is 0 Å². The molecule has 1 aromatic carbocycles. The van der Waals surface area contributed by atoms with Crippen molar-refractivity contribution in [2.24, 2.45) is 5.41 Å². The van der Waals surface area contributed by atoms with Gasteiger partial charge in [-0.2, -0.15) is 0 Å². The van der Waals surface area contributed by atoms with Gasteiger partial charge in [0, 0.05) is 19.1 Å². The Morgan fingerprint density at radius 3 is 2.33 bits per heavy atom. The minimum absolute atomic E-state index is 0.540. The fraction of sp³-hybridized carbons (Fsp3) is 0.684. The summed E-state index contributed by atoms with van der Waals surface area (Å²) in [7, 11) is 0. The van der Waals surface area contributed by atoms with Crippen molar-refractivity contribution < 1.29 is 0 Å². The van der Waals surface area contributed by atoms with E-state index in [4.69, 9.17) is 0 Å². The number of hydrogen-bond acceptors (Lipinski definition) is 2. The molecule has 0 spiro atoms. The summed E-state index contributed by atoms with van der Waals surface area (Å²) in [5.41, 5.74) is 3.52. The van der Waals surface area contributed by atoms with Crippen molar-refractivity contribution in [3.8, 4) is 0 Å². The van der Waals surface area contributed by atoms with Crippen LogP contribution in [0, 0.1) is 5.41 Å². The predicted octanol–water partition coefficient (Wildman–Crippen LogP) is 4.20. The lowest BCUT2D eigenvalue weighted by Gasteiger charge is -2.39. The van der Waals surface area contributed by atoms with Gasteiger partial charge in [0.15, 0.2) is 0 Å². The minimum Gasteiger partial charge on any atom is -0.310 e. The first-order valence-corrected chi connectivity index (χ1v) is 8.55. The molecule has 0 amide bonds. The van der Waals surface area contributed by atoms with E-state index in [-0.39, 0.29) is 0 Å². The van der Waals surface area contributed by atoms with Crippen LogP contribution in [-0.2, 0) is 13.1 Å². The fourth-order valence-corrected chi connectivity index (χ4v) is 3.04. The Labute approximate surface area is 130 Å². The number of nitrogens with one attached hydrogen (secondary N) is 1. The molecule has 118 valence electrons. The Morgan fingerprint density at radius 1 is 1.14 bits per heavy atom. The highest BCUT2D eigenvalue weighted by molar-refractivity contribution is 5.27. The van der Waals surface area contributed by atoms with Crippen molar-refractivity contribution in [2.45, 2.75) is 66.1 Å². The van der Waals surface area contributed by atoms with E-state index < -0.39 is 0 Å². The van der Waals surface area contributed by atoms with Crippen LogP contribution >= 0.6 is 0 Å². The molecule has 1 N–H and O–H groups in total. The quantitative estimate of drug-likeness (QED) is 0.844. The normalized spacial score (nSPS) is 19.1. The van der Waals surface area contributed by atoms with E-state index in [9.17, 15) is 0 Å². The third kappa shape index (κ3) is 4.82. The third-order valence-corrected chi connectivity index (χ3v) is 5.13. The van der Waals surface area contributed by atoms with Crippen LogP contribution in [0.15, 0.2) is 24.3 Å². The molecular formula is C19H32N2. The maximum absolute atomic E-state index is 3.54. The van der Waals surface area contributed by atoms with Crippen molar-refractivity contribution in [3.05, 3.63) is 35.4 Å². The molecule has 0 bridgehead atoms. The summed E-state index contributed by atoms with van der Waals surface area (Å²) in [4.78, 5) is 2.63. The molecule has 21 heavy (non-hydrogen) atoms. The van der Waals surface area contributed by atoms with Gasteiger partial charge in [-0.05, 0) is 42.5 Å². The second-order valence-electron chi connectivity index (χ2n) is 7.24. The van der Waals surface area contributed by atoms with E-state index in [0.29, 0.717) is 11.5 Å². The van der Waals surface area contributed by atoms with Gasteiger partial charge in [-0.1, -0.05) is 58.4 Å². The lowest BCUT2D eigenvalue weighted by Crippen LogP contribution is -2.38. The molecule has 1 aliphatic rings. The van der Waals surface area contributed by atoms with Crippen LogP contribution in [0.4, 0.5) is 0 Å². The van der Waals surface area contributed by atoms with E-state index in [0.717, 1.165) is 13.1 Å². The summed E-state index contributed by atoms with van der Waals surface area (Å²) < 4.78 is 0. The van der Waals surface area contributed by atoms with Gasteiger partial charge >= 0.3 is 0 Å². The Kier molecular flexibility index (Phi) is 5.83. The number of nitrogens with zero attached hydrogens (tertiary/aromatic N) is 1. The zero-order chi connectivity index (χ0) is 15.3. The highest BCUT2D eigenvalue weighted by atomic mass is 15.1. The molecule has 0 aliphatic carbocycles. The van der Waals surface area contributed by atoms with Crippen LogP contribution in [0.25, 0.3) is 0 Å². The molecule has 0 unspecified atom stereocenters. The van der Waals surface area contributed by atoms with Crippen molar-refractivity contribution >= 4 is 0 Å². The predicted molar refractivity (Wildman–Crippen MR) is 91.3 cm³/mol. The lowest BCUT2D eigenvalue weighted by molar-refractivity contribution is 0.109. The van der Waals surface area contributed by atoms with Gasteiger partial charge in [-0.3, -0.25) is 4.90 Å². The largest absolute Gasteiger partial charge is 0.310 e. The Balaban J connectivity index is 1.94. The Hall–Kier alpha value is -0.860. The number of rotatable bonds is 6. The average molecular weight is 288 g/mol. The summed E-state index contributed by atoms with van der Waals surface area (Å²) in [5.74, 6) is 0. The van der Waals surface area contributed by atoms with Crippen molar-refractivity contribution in [3.63, 3.8) is 0 Å². The summed E-state index contributed by atoms with van der Waals surface area (Å²) >= 11 is 0. The zero-order valence-electron chi connectivity index (χ0n) is 14.3. The van der Waals surface area contributed by atoms with Crippen LogP contribution in [0.2, 0.25) is 0 Å². The van der Waals surface area contributed by atoms with Gasteiger partial charge in [0.2, 0.25) is 0 Å². The number of benzene rings is 1. The van der Waals surface area contributed by atoms with Gasteiger partial charge in [0.05, 0.1) is 0 Å². The van der Waals surface area contributed by atoms with Crippen LogP contribution < -0.4 is 5.32 Å². The first kappa shape index (κ1) is 16.5. The van der Waals surface area contributed by atoms with Crippen molar-refractivity contribution in [1.29, 1.82) is 0 Å². The van der Waals surface area contributed by atoms with Crippen LogP contribution in [-0.4, -0.2) is 24.0 Å². The number of likely N-dealkylation sites (tertiary alicyclic amines) is 1. The summed E-state index contributed by atoms with van der Waals surface area (Å²) in [6.07, 6.45) is 4.00. The standard InChI is InChI=1S/C19H32N2/c1-5-19(4)10-12-21(13-11-19)15-18-9-7-6-8-17(18)14-20-16(2)3/h6-9,16,20H,5,10-15H2,1-4H3. The van der Waals surface area contributed by atoms with Crippen molar-refractivity contribution in [2.75, 3.05) is 13.1 Å². The Morgan fingerprint density at radius 2 is 1.76 bits per heavy atom. The molecule has 1 aliphatic heterocycles. The molecule has 0 aromatic heterocycles. The fourth-order valence-electron chi connectivity index (χ4n) is 3.04. The second kappa shape index (κ2) is 7.42. The van der Waals surface area contributed by atoms with Gasteiger partial charge < -0.3 is 5.32 Å². The molecule has 1 saturated heterocycles. The molecule has 2 heteroatoms. The Bertz CT molecular complexity index is 431. The highest BCUT2D eigenvalue weighted by Gasteiger charge is 2.28. The number of piperidine rings is 1. The summed E-state index contributed by atoms with van der Waals surface area (Å²) in [6, 6.07) is 9.44. The highest BCUT2D eigenvalue weighted by Crippen LogP contribution is 2.34. The van der Waals surface area contributed by atoms with Crippen LogP contribution in [0.5, 0.6) is 0 Å². The SMILES string of the molecule is CCC1(C)CCN(Cc2ccccc2CNC(C)C)CC1. The molecule has 0 saturated carbocycles. The molecule has 0 atom stereocenters. The third-order valence-electron chi connectivity index (χ3n) is 5.13. The number of hydrogen-bond donors (Lipinski definition) is 1. The summed E-state index contributed by atoms with van der Waals surface area (Å²) in [5, 5.41) is 3.54. The van der Waals surface area contributed by atoms with Gasteiger partial charge in [0.25, 0.3) is 0 Å². The molecular weight excluding hydrogens is 256 g/mol. The second-order valence-corrected chi connectivity index (χ2v) is 7.24. The first-order chi connectivity index (χ1) is 10.0. The lowest BCUT2D eigenvalue weighted by atomic mass is 9.78. The molecule has 2 rings (SSSR count). The van der Waals surface area contributed by atoms with Crippen LogP contribution in [0.3, 0.4) is 0 Å². The monoisotopic (exact) mass is 288 g/mol. The van der Waals surface area contributed by atoms with E-state index in [2.05, 4.69) is 62.2 Å². The maximum atomic E-state index is 3.54. The van der Waals surface area contributed by atoms with Crippen LogP contribution in [0.1, 0.15) is 58.1 Å². The van der Waals surface area contributed by atoms with Crippen molar-refractivity contribution in [1.82, 2.24) is 10.2 Å². The van der Waals surface area contributed by atoms with Gasteiger partial charge in [-0.25, -0.2) is 0 Å². The van der Waals surface area contributed by atoms with Gasteiger partial charge in [-0.15, -0.1) is 0 Å². The molecule has 1 fully saturated rings. The molecule has 2 nitrogen and oxygen atoms in total. The minimum atomic E-state index is 0.540. The maximum Gasteiger partial charge on any atom is 0.0236 e. The first-order valence-electron chi connectivity index (χ1n) is 8.55. The molecule has 0 radical (unpaired) electrons. The molecule has 1 heterocycles. The van der Waals surface area contributed by atoms with Gasteiger partial charge in [0.1, 0.15) is 0 Å². The molecule has 1 aromatic rings. The van der Waals surface area contributed by atoms with E-state index in [1.54, 1.807) is 0 Å². The zero-order valence-corrected chi connectivity index (χ0v) is 14.3. The smallest absolute Gasteiger partial charge is 0.0236 e.